The average molecular weight is 288 g/mol. The van der Waals surface area contributed by atoms with Crippen LogP contribution in [0.3, 0.4) is 0 Å². The smallest absolute Gasteiger partial charge is 0.276 e. The molecule has 6 heteroatoms. The van der Waals surface area contributed by atoms with Crippen LogP contribution in [-0.4, -0.2) is 35.2 Å². The molecule has 0 aliphatic heterocycles. The summed E-state index contributed by atoms with van der Waals surface area (Å²) in [7, 11) is 3.34. The number of benzene rings is 1. The van der Waals surface area contributed by atoms with Crippen molar-refractivity contribution in [2.24, 2.45) is 0 Å². The number of H-pyrrole nitrogens is 1. The summed E-state index contributed by atoms with van der Waals surface area (Å²) in [6.07, 6.45) is 0.714. The topological polar surface area (TPSA) is 84.2 Å². The fraction of sp³-hybridized carbons (Fsp3) is 0.333. The van der Waals surface area contributed by atoms with Crippen molar-refractivity contribution in [2.45, 2.75) is 19.9 Å². The molecule has 0 atom stereocenters. The van der Waals surface area contributed by atoms with Crippen molar-refractivity contribution in [3.8, 4) is 5.75 Å². The molecule has 21 heavy (non-hydrogen) atoms. The van der Waals surface area contributed by atoms with Crippen molar-refractivity contribution in [1.29, 1.82) is 0 Å². The second-order valence-electron chi connectivity index (χ2n) is 4.83. The third-order valence-corrected chi connectivity index (χ3v) is 3.34. The molecular weight excluding hydrogens is 268 g/mol. The van der Waals surface area contributed by atoms with Crippen LogP contribution in [0.15, 0.2) is 24.3 Å². The van der Waals surface area contributed by atoms with Gasteiger partial charge in [-0.05, 0) is 24.1 Å². The van der Waals surface area contributed by atoms with E-state index in [4.69, 9.17) is 10.5 Å². The molecule has 0 aliphatic carbocycles. The molecule has 2 rings (SSSR count). The second-order valence-corrected chi connectivity index (χ2v) is 4.83. The van der Waals surface area contributed by atoms with Crippen LogP contribution in [0, 0.1) is 0 Å². The Bertz CT molecular complexity index is 636. The highest BCUT2D eigenvalue weighted by Gasteiger charge is 2.20. The van der Waals surface area contributed by atoms with Crippen LogP contribution in [0.1, 0.15) is 28.7 Å². The van der Waals surface area contributed by atoms with E-state index < -0.39 is 0 Å². The van der Waals surface area contributed by atoms with Crippen molar-refractivity contribution >= 4 is 11.6 Å². The van der Waals surface area contributed by atoms with Crippen LogP contribution in [0.5, 0.6) is 5.75 Å². The number of nitrogens with zero attached hydrogens (tertiary/aromatic N) is 2. The minimum Gasteiger partial charge on any atom is -0.497 e. The number of aromatic amines is 1. The van der Waals surface area contributed by atoms with Crippen LogP contribution >= 0.6 is 0 Å². The summed E-state index contributed by atoms with van der Waals surface area (Å²) >= 11 is 0. The number of methoxy groups -OCH3 is 1. The molecule has 0 unspecified atom stereocenters. The number of aromatic nitrogens is 2. The number of carbonyl (C=O) groups excluding carboxylic acids is 1. The van der Waals surface area contributed by atoms with E-state index in [1.165, 1.54) is 0 Å². The van der Waals surface area contributed by atoms with E-state index in [9.17, 15) is 4.79 Å². The maximum atomic E-state index is 12.4. The van der Waals surface area contributed by atoms with Gasteiger partial charge >= 0.3 is 0 Å². The summed E-state index contributed by atoms with van der Waals surface area (Å²) in [5, 5.41) is 6.82. The number of aryl methyl sites for hydroxylation is 1. The number of ether oxygens (including phenoxy) is 1. The van der Waals surface area contributed by atoms with Crippen molar-refractivity contribution in [1.82, 2.24) is 15.1 Å². The molecule has 112 valence electrons. The molecule has 0 spiro atoms. The van der Waals surface area contributed by atoms with E-state index in [0.29, 0.717) is 18.7 Å². The van der Waals surface area contributed by atoms with Gasteiger partial charge in [-0.15, -0.1) is 0 Å². The molecule has 3 N–H and O–H groups in total. The Morgan fingerprint density at radius 1 is 1.48 bits per heavy atom. The van der Waals surface area contributed by atoms with Gasteiger partial charge in [-0.1, -0.05) is 19.1 Å². The first-order valence-electron chi connectivity index (χ1n) is 6.78. The molecule has 0 saturated carbocycles. The first-order chi connectivity index (χ1) is 10.1. The quantitative estimate of drug-likeness (QED) is 0.879. The SMILES string of the molecule is CCc1[nH]nc(C(=O)N(C)Cc2cccc(OC)c2)c1N. The number of nitrogens with one attached hydrogen (secondary N) is 1. The highest BCUT2D eigenvalue weighted by atomic mass is 16.5. The highest BCUT2D eigenvalue weighted by molar-refractivity contribution is 5.97. The number of carbonyl (C=O) groups is 1. The van der Waals surface area contributed by atoms with Crippen LogP contribution in [0.2, 0.25) is 0 Å². The average Bonchev–Trinajstić information content (AvgIpc) is 2.87. The van der Waals surface area contributed by atoms with Gasteiger partial charge in [0.25, 0.3) is 5.91 Å². The maximum Gasteiger partial charge on any atom is 0.276 e. The van der Waals surface area contributed by atoms with Crippen molar-refractivity contribution in [2.75, 3.05) is 19.9 Å². The maximum absolute atomic E-state index is 12.4. The van der Waals surface area contributed by atoms with E-state index in [0.717, 1.165) is 17.0 Å². The minimum atomic E-state index is -0.203. The summed E-state index contributed by atoms with van der Waals surface area (Å²) in [5.74, 6) is 0.562. The highest BCUT2D eigenvalue weighted by Crippen LogP contribution is 2.18. The zero-order valence-corrected chi connectivity index (χ0v) is 12.5. The first kappa shape index (κ1) is 14.9. The van der Waals surface area contributed by atoms with Crippen LogP contribution in [0.4, 0.5) is 5.69 Å². The summed E-state index contributed by atoms with van der Waals surface area (Å²) in [6.45, 7) is 2.42. The molecule has 0 fully saturated rings. The largest absolute Gasteiger partial charge is 0.497 e. The lowest BCUT2D eigenvalue weighted by atomic mass is 10.2. The first-order valence-corrected chi connectivity index (χ1v) is 6.78. The number of rotatable bonds is 5. The lowest BCUT2D eigenvalue weighted by Crippen LogP contribution is -2.27. The van der Waals surface area contributed by atoms with Gasteiger partial charge in [0.15, 0.2) is 5.69 Å². The van der Waals surface area contributed by atoms with Gasteiger partial charge in [0, 0.05) is 13.6 Å². The molecule has 1 aromatic heterocycles. The number of hydrogen-bond donors (Lipinski definition) is 2. The third kappa shape index (κ3) is 3.16. The second kappa shape index (κ2) is 6.30. The van der Waals surface area contributed by atoms with Crippen LogP contribution < -0.4 is 10.5 Å². The summed E-state index contributed by atoms with van der Waals surface area (Å²) in [6, 6.07) is 7.60. The number of anilines is 1. The number of nitrogens with two attached hydrogens (primary N) is 1. The van der Waals surface area contributed by atoms with Gasteiger partial charge in [0.05, 0.1) is 18.5 Å². The molecular formula is C15H20N4O2. The zero-order chi connectivity index (χ0) is 15.4. The minimum absolute atomic E-state index is 0.203. The van der Waals surface area contributed by atoms with E-state index in [2.05, 4.69) is 10.2 Å². The van der Waals surface area contributed by atoms with Gasteiger partial charge in [0.2, 0.25) is 0 Å². The van der Waals surface area contributed by atoms with Gasteiger partial charge in [-0.2, -0.15) is 5.10 Å². The molecule has 6 nitrogen and oxygen atoms in total. The Hall–Kier alpha value is -2.50. The Morgan fingerprint density at radius 3 is 2.86 bits per heavy atom. The Morgan fingerprint density at radius 2 is 2.24 bits per heavy atom. The van der Waals surface area contributed by atoms with Crippen LogP contribution in [-0.2, 0) is 13.0 Å². The van der Waals surface area contributed by atoms with Crippen molar-refractivity contribution in [3.05, 3.63) is 41.2 Å². The zero-order valence-electron chi connectivity index (χ0n) is 12.5. The van der Waals surface area contributed by atoms with Crippen molar-refractivity contribution in [3.63, 3.8) is 0 Å². The van der Waals surface area contributed by atoms with E-state index in [1.54, 1.807) is 19.1 Å². The van der Waals surface area contributed by atoms with E-state index in [-0.39, 0.29) is 11.6 Å². The van der Waals surface area contributed by atoms with Gasteiger partial charge < -0.3 is 15.4 Å². The molecule has 2 aromatic rings. The number of nitrogen functional groups attached to an aromatic ring is 1. The van der Waals surface area contributed by atoms with E-state index in [1.807, 2.05) is 31.2 Å². The summed E-state index contributed by atoms with van der Waals surface area (Å²) < 4.78 is 5.18. The fourth-order valence-corrected chi connectivity index (χ4v) is 2.12. The lowest BCUT2D eigenvalue weighted by Gasteiger charge is -2.16. The van der Waals surface area contributed by atoms with Gasteiger partial charge in [-0.3, -0.25) is 9.89 Å². The Kier molecular flexibility index (Phi) is 4.47. The molecule has 1 amide bonds. The normalized spacial score (nSPS) is 10.4. The molecule has 0 aliphatic rings. The molecule has 1 aromatic carbocycles. The van der Waals surface area contributed by atoms with Crippen molar-refractivity contribution < 1.29 is 9.53 Å². The predicted octanol–water partition coefficient (Wildman–Crippen LogP) is 1.84. The molecule has 0 saturated heterocycles. The lowest BCUT2D eigenvalue weighted by molar-refractivity contribution is 0.0780. The molecule has 0 bridgehead atoms. The Labute approximate surface area is 123 Å². The standard InChI is InChI=1S/C15H20N4O2/c1-4-12-13(16)14(18-17-12)15(20)19(2)9-10-6-5-7-11(8-10)21-3/h5-8H,4,9,16H2,1-3H3,(H,17,18). The third-order valence-electron chi connectivity index (χ3n) is 3.34. The predicted molar refractivity (Wildman–Crippen MR) is 81.2 cm³/mol. The monoisotopic (exact) mass is 288 g/mol. The number of amides is 1. The fourth-order valence-electron chi connectivity index (χ4n) is 2.12. The summed E-state index contributed by atoms with van der Waals surface area (Å²) in [5.41, 5.74) is 8.40. The molecule has 1 heterocycles. The van der Waals surface area contributed by atoms with Crippen LogP contribution in [0.25, 0.3) is 0 Å². The number of hydrogen-bond acceptors (Lipinski definition) is 4. The molecule has 0 radical (unpaired) electrons. The van der Waals surface area contributed by atoms with Gasteiger partial charge in [0.1, 0.15) is 5.75 Å². The van der Waals surface area contributed by atoms with Gasteiger partial charge in [-0.25, -0.2) is 0 Å². The Balaban J connectivity index is 2.13. The van der Waals surface area contributed by atoms with E-state index >= 15 is 0 Å². The summed E-state index contributed by atoms with van der Waals surface area (Å²) in [4.78, 5) is 14.0.